The summed E-state index contributed by atoms with van der Waals surface area (Å²) in [6, 6.07) is 15.3. The van der Waals surface area contributed by atoms with E-state index < -0.39 is 6.10 Å². The minimum absolute atomic E-state index is 0.495. The summed E-state index contributed by atoms with van der Waals surface area (Å²) in [6.45, 7) is 1.27. The third-order valence-corrected chi connectivity index (χ3v) is 3.68. The maximum atomic E-state index is 10.3. The smallest absolute Gasteiger partial charge is 0.0931 e. The number of hydrogen-bond acceptors (Lipinski definition) is 2. The van der Waals surface area contributed by atoms with Crippen LogP contribution in [0.5, 0.6) is 0 Å². The minimum atomic E-state index is -0.657. The van der Waals surface area contributed by atoms with E-state index in [4.69, 9.17) is 23.2 Å². The van der Waals surface area contributed by atoms with E-state index >= 15 is 0 Å². The molecule has 2 nitrogen and oxygen atoms in total. The molecule has 0 amide bonds. The van der Waals surface area contributed by atoms with Crippen molar-refractivity contribution in [2.24, 2.45) is 0 Å². The van der Waals surface area contributed by atoms with Crippen LogP contribution >= 0.6 is 23.2 Å². The number of rotatable bonds is 5. The van der Waals surface area contributed by atoms with E-state index in [-0.39, 0.29) is 0 Å². The summed E-state index contributed by atoms with van der Waals surface area (Å²) in [5.74, 6) is 0. The Morgan fingerprint density at radius 1 is 1.10 bits per heavy atom. The molecule has 0 aromatic heterocycles. The molecule has 0 bridgehead atoms. The van der Waals surface area contributed by atoms with E-state index in [1.807, 2.05) is 25.2 Å². The molecule has 0 fully saturated rings. The second kappa shape index (κ2) is 7.09. The van der Waals surface area contributed by atoms with Crippen LogP contribution in [0.2, 0.25) is 10.0 Å². The summed E-state index contributed by atoms with van der Waals surface area (Å²) >= 11 is 12.0. The largest absolute Gasteiger partial charge is 0.387 e. The molecule has 1 N–H and O–H groups in total. The monoisotopic (exact) mass is 309 g/mol. The topological polar surface area (TPSA) is 23.5 Å². The normalized spacial score (nSPS) is 12.7. The first-order valence-electron chi connectivity index (χ1n) is 6.42. The van der Waals surface area contributed by atoms with Crippen molar-refractivity contribution in [1.29, 1.82) is 0 Å². The van der Waals surface area contributed by atoms with Crippen molar-refractivity contribution in [1.82, 2.24) is 4.90 Å². The highest BCUT2D eigenvalue weighted by Crippen LogP contribution is 2.27. The molecule has 20 heavy (non-hydrogen) atoms. The fourth-order valence-electron chi connectivity index (χ4n) is 2.12. The zero-order chi connectivity index (χ0) is 14.5. The van der Waals surface area contributed by atoms with Crippen molar-refractivity contribution in [2.75, 3.05) is 13.6 Å². The predicted molar refractivity (Wildman–Crippen MR) is 84.2 cm³/mol. The summed E-state index contributed by atoms with van der Waals surface area (Å²) in [7, 11) is 1.97. The average Bonchev–Trinajstić information content (AvgIpc) is 2.42. The molecule has 0 saturated carbocycles. The van der Waals surface area contributed by atoms with Crippen molar-refractivity contribution in [3.8, 4) is 0 Å². The Bertz CT molecular complexity index is 560. The third-order valence-electron chi connectivity index (χ3n) is 3.10. The predicted octanol–water partition coefficient (Wildman–Crippen LogP) is 4.16. The summed E-state index contributed by atoms with van der Waals surface area (Å²) in [5.41, 5.74) is 1.87. The standard InChI is InChI=1S/C16H17Cl2NO/c1-19(10-12-5-3-2-4-6-12)11-16(20)14-9-13(17)7-8-15(14)18/h2-9,16,20H,10-11H2,1H3. The highest BCUT2D eigenvalue weighted by atomic mass is 35.5. The first-order valence-corrected chi connectivity index (χ1v) is 7.17. The van der Waals surface area contributed by atoms with Gasteiger partial charge in [0, 0.05) is 28.7 Å². The van der Waals surface area contributed by atoms with Crippen LogP contribution in [0.4, 0.5) is 0 Å². The summed E-state index contributed by atoms with van der Waals surface area (Å²) < 4.78 is 0. The third kappa shape index (κ3) is 4.22. The Labute approximate surface area is 129 Å². The Morgan fingerprint density at radius 3 is 2.50 bits per heavy atom. The number of halogens is 2. The van der Waals surface area contributed by atoms with Crippen LogP contribution < -0.4 is 0 Å². The van der Waals surface area contributed by atoms with Crippen LogP contribution in [0.15, 0.2) is 48.5 Å². The average molecular weight is 310 g/mol. The van der Waals surface area contributed by atoms with Crippen LogP contribution in [-0.2, 0) is 6.54 Å². The van der Waals surface area contributed by atoms with Crippen molar-refractivity contribution >= 4 is 23.2 Å². The van der Waals surface area contributed by atoms with Crippen molar-refractivity contribution in [3.63, 3.8) is 0 Å². The molecule has 106 valence electrons. The molecule has 2 rings (SSSR count). The van der Waals surface area contributed by atoms with Gasteiger partial charge in [-0.2, -0.15) is 0 Å². The van der Waals surface area contributed by atoms with Gasteiger partial charge in [-0.05, 0) is 30.8 Å². The van der Waals surface area contributed by atoms with Crippen LogP contribution in [0.3, 0.4) is 0 Å². The molecular weight excluding hydrogens is 293 g/mol. The number of benzene rings is 2. The van der Waals surface area contributed by atoms with Gasteiger partial charge < -0.3 is 5.11 Å². The quantitative estimate of drug-likeness (QED) is 0.896. The molecule has 0 aliphatic heterocycles. The number of nitrogens with zero attached hydrogens (tertiary/aromatic N) is 1. The van der Waals surface area contributed by atoms with E-state index in [2.05, 4.69) is 17.0 Å². The van der Waals surface area contributed by atoms with Gasteiger partial charge in [-0.1, -0.05) is 53.5 Å². The van der Waals surface area contributed by atoms with Crippen LogP contribution in [0.25, 0.3) is 0 Å². The maximum Gasteiger partial charge on any atom is 0.0931 e. The van der Waals surface area contributed by atoms with Gasteiger partial charge in [-0.3, -0.25) is 4.90 Å². The lowest BCUT2D eigenvalue weighted by molar-refractivity contribution is 0.124. The molecule has 2 aromatic carbocycles. The molecule has 0 spiro atoms. The number of aliphatic hydroxyl groups excluding tert-OH is 1. The highest BCUT2D eigenvalue weighted by Gasteiger charge is 2.14. The molecule has 0 heterocycles. The fourth-order valence-corrected chi connectivity index (χ4v) is 2.55. The van der Waals surface area contributed by atoms with E-state index in [0.717, 1.165) is 6.54 Å². The van der Waals surface area contributed by atoms with Crippen molar-refractivity contribution in [2.45, 2.75) is 12.6 Å². The van der Waals surface area contributed by atoms with Gasteiger partial charge in [-0.15, -0.1) is 0 Å². The molecule has 0 aliphatic rings. The van der Waals surface area contributed by atoms with E-state index in [9.17, 15) is 5.11 Å². The van der Waals surface area contributed by atoms with Gasteiger partial charge in [-0.25, -0.2) is 0 Å². The first kappa shape index (κ1) is 15.3. The number of hydrogen-bond donors (Lipinski definition) is 1. The zero-order valence-corrected chi connectivity index (χ0v) is 12.8. The zero-order valence-electron chi connectivity index (χ0n) is 11.3. The summed E-state index contributed by atoms with van der Waals surface area (Å²) in [5, 5.41) is 11.4. The van der Waals surface area contributed by atoms with E-state index in [0.29, 0.717) is 22.2 Å². The molecule has 1 unspecified atom stereocenters. The Hall–Kier alpha value is -1.06. The lowest BCUT2D eigenvalue weighted by Crippen LogP contribution is -2.24. The van der Waals surface area contributed by atoms with Crippen LogP contribution in [0, 0.1) is 0 Å². The lowest BCUT2D eigenvalue weighted by atomic mass is 10.1. The maximum absolute atomic E-state index is 10.3. The fraction of sp³-hybridized carbons (Fsp3) is 0.250. The second-order valence-electron chi connectivity index (χ2n) is 4.86. The Morgan fingerprint density at radius 2 is 1.80 bits per heavy atom. The Balaban J connectivity index is 2.00. The molecule has 0 radical (unpaired) electrons. The van der Waals surface area contributed by atoms with Gasteiger partial charge >= 0.3 is 0 Å². The van der Waals surface area contributed by atoms with Gasteiger partial charge in [0.25, 0.3) is 0 Å². The highest BCUT2D eigenvalue weighted by molar-refractivity contribution is 6.33. The molecule has 0 saturated heterocycles. The van der Waals surface area contributed by atoms with E-state index in [1.54, 1.807) is 18.2 Å². The minimum Gasteiger partial charge on any atom is -0.387 e. The van der Waals surface area contributed by atoms with Gasteiger partial charge in [0.2, 0.25) is 0 Å². The van der Waals surface area contributed by atoms with Gasteiger partial charge in [0.15, 0.2) is 0 Å². The second-order valence-corrected chi connectivity index (χ2v) is 5.71. The van der Waals surface area contributed by atoms with E-state index in [1.165, 1.54) is 5.56 Å². The van der Waals surface area contributed by atoms with Crippen LogP contribution in [0.1, 0.15) is 17.2 Å². The van der Waals surface area contributed by atoms with Crippen molar-refractivity contribution < 1.29 is 5.11 Å². The molecule has 2 aromatic rings. The summed E-state index contributed by atoms with van der Waals surface area (Å²) in [6.07, 6.45) is -0.657. The molecule has 0 aliphatic carbocycles. The van der Waals surface area contributed by atoms with Gasteiger partial charge in [0.05, 0.1) is 6.10 Å². The molecule has 4 heteroatoms. The van der Waals surface area contributed by atoms with Gasteiger partial charge in [0.1, 0.15) is 0 Å². The SMILES string of the molecule is CN(Cc1ccccc1)CC(O)c1cc(Cl)ccc1Cl. The first-order chi connectivity index (χ1) is 9.56. The van der Waals surface area contributed by atoms with Crippen LogP contribution in [-0.4, -0.2) is 23.6 Å². The number of likely N-dealkylation sites (N-methyl/N-ethyl adjacent to an activating group) is 1. The Kier molecular flexibility index (Phi) is 5.44. The molecular formula is C16H17Cl2NO. The number of aliphatic hydroxyl groups is 1. The summed E-state index contributed by atoms with van der Waals surface area (Å²) in [4.78, 5) is 2.05. The van der Waals surface area contributed by atoms with Crippen molar-refractivity contribution in [3.05, 3.63) is 69.7 Å². The lowest BCUT2D eigenvalue weighted by Gasteiger charge is -2.21. The molecule has 1 atom stereocenters.